The number of amides is 1. The van der Waals surface area contributed by atoms with E-state index in [0.717, 1.165) is 23.4 Å². The van der Waals surface area contributed by atoms with Gasteiger partial charge in [-0.2, -0.15) is 5.10 Å². The maximum Gasteiger partial charge on any atom is 0.271 e. The second-order valence-corrected chi connectivity index (χ2v) is 5.21. The first kappa shape index (κ1) is 15.4. The zero-order chi connectivity index (χ0) is 16.2. The topological polar surface area (TPSA) is 74.6 Å². The van der Waals surface area contributed by atoms with Crippen LogP contribution in [0.2, 0.25) is 0 Å². The quantitative estimate of drug-likeness (QED) is 0.819. The molecule has 2 aromatic rings. The highest BCUT2D eigenvalue weighted by Crippen LogP contribution is 2.35. The average molecular weight is 317 g/mol. The lowest BCUT2D eigenvalue weighted by molar-refractivity contribution is 0.0943. The van der Waals surface area contributed by atoms with E-state index in [1.54, 1.807) is 17.9 Å². The van der Waals surface area contributed by atoms with Crippen molar-refractivity contribution in [3.63, 3.8) is 0 Å². The normalized spacial score (nSPS) is 12.4. The first-order valence-electron chi connectivity index (χ1n) is 7.40. The Morgan fingerprint density at radius 3 is 3.00 bits per heavy atom. The summed E-state index contributed by atoms with van der Waals surface area (Å²) in [6.07, 6.45) is 0.768. The Hall–Kier alpha value is -2.54. The molecule has 0 unspecified atom stereocenters. The molecule has 1 aliphatic heterocycles. The van der Waals surface area contributed by atoms with Crippen molar-refractivity contribution in [1.29, 1.82) is 0 Å². The smallest absolute Gasteiger partial charge is 0.271 e. The van der Waals surface area contributed by atoms with Gasteiger partial charge in [-0.1, -0.05) is 0 Å². The van der Waals surface area contributed by atoms with Crippen LogP contribution < -0.4 is 14.8 Å². The van der Waals surface area contributed by atoms with Crippen LogP contribution in [0, 0.1) is 0 Å². The van der Waals surface area contributed by atoms with Gasteiger partial charge in [-0.3, -0.25) is 9.48 Å². The van der Waals surface area contributed by atoms with Crippen LogP contribution >= 0.6 is 0 Å². The molecule has 23 heavy (non-hydrogen) atoms. The molecule has 1 aliphatic rings. The van der Waals surface area contributed by atoms with Crippen molar-refractivity contribution in [2.45, 2.75) is 6.42 Å². The second kappa shape index (κ2) is 6.70. The molecule has 0 fully saturated rings. The van der Waals surface area contributed by atoms with Crippen molar-refractivity contribution in [2.75, 3.05) is 27.1 Å². The largest absolute Gasteiger partial charge is 0.454 e. The number of aromatic nitrogens is 2. The Kier molecular flexibility index (Phi) is 4.47. The number of hydrogen-bond acceptors (Lipinski definition) is 5. The van der Waals surface area contributed by atoms with E-state index in [2.05, 4.69) is 10.4 Å². The Bertz CT molecular complexity index is 711. The zero-order valence-corrected chi connectivity index (χ0v) is 13.2. The van der Waals surface area contributed by atoms with Crippen molar-refractivity contribution < 1.29 is 19.0 Å². The molecule has 7 heteroatoms. The Morgan fingerprint density at radius 2 is 2.17 bits per heavy atom. The highest BCUT2D eigenvalue weighted by atomic mass is 16.7. The lowest BCUT2D eigenvalue weighted by Crippen LogP contribution is -2.25. The molecular weight excluding hydrogens is 298 g/mol. The molecule has 1 N–H and O–H groups in total. The first-order valence-corrected chi connectivity index (χ1v) is 7.40. The minimum atomic E-state index is -0.191. The maximum atomic E-state index is 12.1. The number of nitrogens with zero attached hydrogens (tertiary/aromatic N) is 2. The van der Waals surface area contributed by atoms with Crippen LogP contribution in [0.4, 0.5) is 0 Å². The van der Waals surface area contributed by atoms with E-state index in [1.165, 1.54) is 0 Å². The van der Waals surface area contributed by atoms with E-state index in [0.29, 0.717) is 24.6 Å². The van der Waals surface area contributed by atoms with Gasteiger partial charge in [-0.25, -0.2) is 0 Å². The van der Waals surface area contributed by atoms with Gasteiger partial charge in [0.15, 0.2) is 17.2 Å². The monoisotopic (exact) mass is 317 g/mol. The van der Waals surface area contributed by atoms with Crippen molar-refractivity contribution in [2.24, 2.45) is 7.05 Å². The van der Waals surface area contributed by atoms with E-state index in [9.17, 15) is 4.79 Å². The third-order valence-electron chi connectivity index (χ3n) is 3.59. The van der Waals surface area contributed by atoms with Crippen LogP contribution in [0.5, 0.6) is 11.5 Å². The number of carbonyl (C=O) groups excluding carboxylic acids is 1. The molecule has 1 aromatic carbocycles. The van der Waals surface area contributed by atoms with Crippen molar-refractivity contribution >= 4 is 5.91 Å². The standard InChI is InChI=1S/C16H19N3O4/c1-19-13(11-4-5-14-15(8-11)23-10-22-14)9-12(18-19)16(20)17-6-3-7-21-2/h4-5,8-9H,3,6-7,10H2,1-2H3,(H,17,20). The highest BCUT2D eigenvalue weighted by Gasteiger charge is 2.17. The number of aryl methyl sites for hydroxylation is 1. The molecule has 3 rings (SSSR count). The minimum Gasteiger partial charge on any atom is -0.454 e. The van der Waals surface area contributed by atoms with Crippen LogP contribution in [0.3, 0.4) is 0 Å². The molecule has 0 aliphatic carbocycles. The fourth-order valence-electron chi connectivity index (χ4n) is 2.41. The van der Waals surface area contributed by atoms with Crippen LogP contribution in [0.15, 0.2) is 24.3 Å². The highest BCUT2D eigenvalue weighted by molar-refractivity contribution is 5.93. The first-order chi connectivity index (χ1) is 11.2. The molecule has 1 amide bonds. The van der Waals surface area contributed by atoms with Crippen LogP contribution in [0.25, 0.3) is 11.3 Å². The van der Waals surface area contributed by atoms with E-state index in [-0.39, 0.29) is 12.7 Å². The maximum absolute atomic E-state index is 12.1. The fraction of sp³-hybridized carbons (Fsp3) is 0.375. The van der Waals surface area contributed by atoms with Gasteiger partial charge in [0.2, 0.25) is 6.79 Å². The predicted octanol–water partition coefficient (Wildman–Crippen LogP) is 1.58. The van der Waals surface area contributed by atoms with Gasteiger partial charge in [-0.05, 0) is 30.7 Å². The molecule has 0 atom stereocenters. The Labute approximate surface area is 134 Å². The van der Waals surface area contributed by atoms with Gasteiger partial charge in [0.25, 0.3) is 5.91 Å². The molecule has 0 spiro atoms. The summed E-state index contributed by atoms with van der Waals surface area (Å²) in [6, 6.07) is 7.43. The molecule has 2 heterocycles. The number of nitrogens with one attached hydrogen (secondary N) is 1. The predicted molar refractivity (Wildman–Crippen MR) is 83.6 cm³/mol. The molecule has 1 aromatic heterocycles. The number of methoxy groups -OCH3 is 1. The van der Waals surface area contributed by atoms with Crippen molar-refractivity contribution in [3.05, 3.63) is 30.0 Å². The fourth-order valence-corrected chi connectivity index (χ4v) is 2.41. The number of hydrogen-bond donors (Lipinski definition) is 1. The lowest BCUT2D eigenvalue weighted by atomic mass is 10.1. The Balaban J connectivity index is 1.74. The summed E-state index contributed by atoms with van der Waals surface area (Å²) >= 11 is 0. The summed E-state index contributed by atoms with van der Waals surface area (Å²) in [7, 11) is 3.44. The van der Waals surface area contributed by atoms with E-state index >= 15 is 0 Å². The number of ether oxygens (including phenoxy) is 3. The zero-order valence-electron chi connectivity index (χ0n) is 13.2. The van der Waals surface area contributed by atoms with Gasteiger partial charge < -0.3 is 19.5 Å². The van der Waals surface area contributed by atoms with Gasteiger partial charge in [0.05, 0.1) is 5.69 Å². The molecule has 0 saturated heterocycles. The third kappa shape index (κ3) is 3.29. The van der Waals surface area contributed by atoms with Crippen LogP contribution in [-0.2, 0) is 11.8 Å². The summed E-state index contributed by atoms with van der Waals surface area (Å²) in [4.78, 5) is 12.1. The van der Waals surface area contributed by atoms with Crippen LogP contribution in [0.1, 0.15) is 16.9 Å². The second-order valence-electron chi connectivity index (χ2n) is 5.21. The van der Waals surface area contributed by atoms with Crippen molar-refractivity contribution in [3.8, 4) is 22.8 Å². The summed E-state index contributed by atoms with van der Waals surface area (Å²) in [5.74, 6) is 1.24. The van der Waals surface area contributed by atoms with Crippen molar-refractivity contribution in [1.82, 2.24) is 15.1 Å². The summed E-state index contributed by atoms with van der Waals surface area (Å²) in [5, 5.41) is 7.11. The molecule has 0 bridgehead atoms. The number of benzene rings is 1. The lowest BCUT2D eigenvalue weighted by Gasteiger charge is -2.03. The van der Waals surface area contributed by atoms with Crippen LogP contribution in [-0.4, -0.2) is 42.7 Å². The van der Waals surface area contributed by atoms with Gasteiger partial charge in [0, 0.05) is 32.9 Å². The molecule has 122 valence electrons. The number of carbonyl (C=O) groups is 1. The van der Waals surface area contributed by atoms with Gasteiger partial charge in [-0.15, -0.1) is 0 Å². The number of fused-ring (bicyclic) bond motifs is 1. The van der Waals surface area contributed by atoms with E-state index < -0.39 is 0 Å². The van der Waals surface area contributed by atoms with E-state index in [4.69, 9.17) is 14.2 Å². The minimum absolute atomic E-state index is 0.191. The van der Waals surface area contributed by atoms with Gasteiger partial charge in [0.1, 0.15) is 0 Å². The molecule has 0 saturated carbocycles. The summed E-state index contributed by atoms with van der Waals surface area (Å²) in [6.45, 7) is 1.41. The van der Waals surface area contributed by atoms with E-state index in [1.807, 2.05) is 25.2 Å². The van der Waals surface area contributed by atoms with Gasteiger partial charge >= 0.3 is 0 Å². The molecule has 7 nitrogen and oxygen atoms in total. The summed E-state index contributed by atoms with van der Waals surface area (Å²) in [5.41, 5.74) is 2.14. The third-order valence-corrected chi connectivity index (χ3v) is 3.59. The molecule has 0 radical (unpaired) electrons. The SMILES string of the molecule is COCCCNC(=O)c1cc(-c2ccc3c(c2)OCO3)n(C)n1. The Morgan fingerprint density at radius 1 is 1.35 bits per heavy atom. The average Bonchev–Trinajstić information content (AvgIpc) is 3.16. The molecular formula is C16H19N3O4. The summed E-state index contributed by atoms with van der Waals surface area (Å²) < 4.78 is 17.3. The number of rotatable bonds is 6.